The first-order chi connectivity index (χ1) is 13.7. The van der Waals surface area contributed by atoms with E-state index in [1.807, 2.05) is 32.0 Å². The molecular weight excluding hydrogens is 421 g/mol. The lowest BCUT2D eigenvalue weighted by Gasteiger charge is -2.21. The van der Waals surface area contributed by atoms with Crippen molar-refractivity contribution in [2.45, 2.75) is 37.9 Å². The quantitative estimate of drug-likeness (QED) is 0.386. The summed E-state index contributed by atoms with van der Waals surface area (Å²) in [5.74, 6) is 0.115. The molecule has 2 aromatic heterocycles. The van der Waals surface area contributed by atoms with Crippen LogP contribution in [-0.2, 0) is 16.7 Å². The van der Waals surface area contributed by atoms with Gasteiger partial charge in [-0.2, -0.15) is 13.2 Å². The van der Waals surface area contributed by atoms with E-state index in [-0.39, 0.29) is 16.8 Å². The average molecular weight is 439 g/mol. The number of nitrogens with zero attached hydrogens (tertiary/aromatic N) is 4. The van der Waals surface area contributed by atoms with Gasteiger partial charge in [0.2, 0.25) is 5.91 Å². The first kappa shape index (κ1) is 21.3. The second kappa shape index (κ2) is 8.50. The predicted molar refractivity (Wildman–Crippen MR) is 107 cm³/mol. The second-order valence-corrected chi connectivity index (χ2v) is 7.98. The lowest BCUT2D eigenvalue weighted by atomic mass is 10.1. The number of carbonyl (C=O) groups excluding carboxylic acids is 1. The summed E-state index contributed by atoms with van der Waals surface area (Å²) < 4.78 is 38.3. The molecule has 0 radical (unpaired) electrons. The van der Waals surface area contributed by atoms with Gasteiger partial charge in [-0.25, -0.2) is 15.0 Å². The summed E-state index contributed by atoms with van der Waals surface area (Å²) in [5.41, 5.74) is 2.44. The number of benzene rings is 1. The van der Waals surface area contributed by atoms with E-state index in [4.69, 9.17) is 0 Å². The van der Waals surface area contributed by atoms with E-state index < -0.39 is 11.9 Å². The molecule has 2 heterocycles. The highest BCUT2D eigenvalue weighted by molar-refractivity contribution is 7.98. The summed E-state index contributed by atoms with van der Waals surface area (Å²) in [5, 5.41) is 2.30. The predicted octanol–water partition coefficient (Wildman–Crippen LogP) is 5.55. The van der Waals surface area contributed by atoms with Crippen molar-refractivity contribution in [1.29, 1.82) is 0 Å². The first-order valence-electron chi connectivity index (χ1n) is 8.51. The van der Waals surface area contributed by atoms with E-state index >= 15 is 0 Å². The van der Waals surface area contributed by atoms with Crippen LogP contribution in [-0.4, -0.2) is 20.9 Å². The number of alkyl halides is 3. The molecule has 1 aromatic carbocycles. The van der Waals surface area contributed by atoms with Gasteiger partial charge < -0.3 is 0 Å². The van der Waals surface area contributed by atoms with E-state index in [9.17, 15) is 18.0 Å². The Balaban J connectivity index is 1.79. The number of halogens is 3. The lowest BCUT2D eigenvalue weighted by Crippen LogP contribution is -2.23. The minimum Gasteiger partial charge on any atom is -0.274 e. The normalized spacial score (nSPS) is 11.5. The van der Waals surface area contributed by atoms with Crippen LogP contribution >= 0.6 is 23.1 Å². The van der Waals surface area contributed by atoms with Crippen LogP contribution in [0.15, 0.2) is 41.0 Å². The van der Waals surface area contributed by atoms with Crippen molar-refractivity contribution in [3.63, 3.8) is 0 Å². The van der Waals surface area contributed by atoms with Crippen molar-refractivity contribution in [3.05, 3.63) is 58.4 Å². The van der Waals surface area contributed by atoms with Crippen LogP contribution in [0.3, 0.4) is 0 Å². The molecule has 1 amide bonds. The van der Waals surface area contributed by atoms with Gasteiger partial charge in [0.05, 0.1) is 11.4 Å². The van der Waals surface area contributed by atoms with Gasteiger partial charge in [-0.3, -0.25) is 9.69 Å². The molecule has 0 saturated heterocycles. The maximum atomic E-state index is 12.8. The number of anilines is 2. The maximum Gasteiger partial charge on any atom is 0.433 e. The number of carbonyl (C=O) groups is 1. The molecule has 0 aliphatic heterocycles. The van der Waals surface area contributed by atoms with Crippen molar-refractivity contribution >= 4 is 39.8 Å². The fourth-order valence-electron chi connectivity index (χ4n) is 2.56. The van der Waals surface area contributed by atoms with E-state index in [1.54, 1.807) is 10.3 Å². The SMILES string of the molecule is CC(=O)N(c1nc(CSc2nccc(C(F)(F)F)n2)cs1)c1cccc(C)c1C. The molecule has 3 rings (SSSR count). The Morgan fingerprint density at radius 2 is 1.97 bits per heavy atom. The topological polar surface area (TPSA) is 59.0 Å². The zero-order valence-electron chi connectivity index (χ0n) is 15.8. The molecule has 29 heavy (non-hydrogen) atoms. The number of thioether (sulfide) groups is 1. The molecule has 0 fully saturated rings. The van der Waals surface area contributed by atoms with Gasteiger partial charge in [0.15, 0.2) is 10.3 Å². The van der Waals surface area contributed by atoms with Crippen LogP contribution in [0.25, 0.3) is 0 Å². The van der Waals surface area contributed by atoms with Gasteiger partial charge in [-0.15, -0.1) is 11.3 Å². The summed E-state index contributed by atoms with van der Waals surface area (Å²) in [6.07, 6.45) is -3.43. The molecule has 0 bridgehead atoms. The number of hydrogen-bond acceptors (Lipinski definition) is 6. The van der Waals surface area contributed by atoms with E-state index in [0.29, 0.717) is 10.8 Å². The summed E-state index contributed by atoms with van der Waals surface area (Å²) >= 11 is 2.35. The average Bonchev–Trinajstić information content (AvgIpc) is 3.11. The van der Waals surface area contributed by atoms with E-state index in [2.05, 4.69) is 15.0 Å². The summed E-state index contributed by atoms with van der Waals surface area (Å²) in [6.45, 7) is 5.38. The Bertz CT molecular complexity index is 1040. The van der Waals surface area contributed by atoms with Crippen LogP contribution in [0, 0.1) is 13.8 Å². The third kappa shape index (κ3) is 4.94. The monoisotopic (exact) mass is 438 g/mol. The maximum absolute atomic E-state index is 12.8. The zero-order valence-corrected chi connectivity index (χ0v) is 17.5. The number of hydrogen-bond donors (Lipinski definition) is 0. The van der Waals surface area contributed by atoms with Gasteiger partial charge in [-0.05, 0) is 37.1 Å². The summed E-state index contributed by atoms with van der Waals surface area (Å²) in [6, 6.07) is 6.54. The minimum atomic E-state index is -4.51. The standard InChI is InChI=1S/C19H17F3N4OS2/c1-11-5-4-6-15(12(11)2)26(13(3)27)18-24-14(10-29-18)9-28-17-23-8-7-16(25-17)19(20,21)22/h4-8,10H,9H2,1-3H3. The van der Waals surface area contributed by atoms with Gasteiger partial charge in [0.25, 0.3) is 0 Å². The van der Waals surface area contributed by atoms with Crippen molar-refractivity contribution in [3.8, 4) is 0 Å². The minimum absolute atomic E-state index is 0.0207. The van der Waals surface area contributed by atoms with Crippen LogP contribution in [0.1, 0.15) is 29.4 Å². The Morgan fingerprint density at radius 3 is 2.66 bits per heavy atom. The fourth-order valence-corrected chi connectivity index (χ4v) is 4.27. The molecule has 152 valence electrons. The Hall–Kier alpha value is -2.46. The largest absolute Gasteiger partial charge is 0.433 e. The van der Waals surface area contributed by atoms with Gasteiger partial charge in [0, 0.05) is 24.3 Å². The number of aromatic nitrogens is 3. The van der Waals surface area contributed by atoms with Gasteiger partial charge in [0.1, 0.15) is 5.69 Å². The van der Waals surface area contributed by atoms with E-state index in [0.717, 1.165) is 40.8 Å². The van der Waals surface area contributed by atoms with Crippen LogP contribution in [0.2, 0.25) is 0 Å². The highest BCUT2D eigenvalue weighted by Gasteiger charge is 2.32. The Labute approximate surface area is 174 Å². The van der Waals surface area contributed by atoms with E-state index in [1.165, 1.54) is 18.3 Å². The van der Waals surface area contributed by atoms with Crippen molar-refractivity contribution in [2.24, 2.45) is 0 Å². The lowest BCUT2D eigenvalue weighted by molar-refractivity contribution is -0.141. The van der Waals surface area contributed by atoms with Crippen molar-refractivity contribution < 1.29 is 18.0 Å². The third-order valence-electron chi connectivity index (χ3n) is 4.14. The van der Waals surface area contributed by atoms with Crippen LogP contribution < -0.4 is 4.90 Å². The molecule has 0 unspecified atom stereocenters. The highest BCUT2D eigenvalue weighted by Crippen LogP contribution is 2.34. The molecule has 0 aliphatic rings. The second-order valence-electron chi connectivity index (χ2n) is 6.21. The number of aryl methyl sites for hydroxylation is 1. The van der Waals surface area contributed by atoms with Gasteiger partial charge in [-0.1, -0.05) is 23.9 Å². The fraction of sp³-hybridized carbons (Fsp3) is 0.263. The third-order valence-corrected chi connectivity index (χ3v) is 5.91. The molecule has 0 atom stereocenters. The molecule has 3 aromatic rings. The first-order valence-corrected chi connectivity index (χ1v) is 10.4. The zero-order chi connectivity index (χ0) is 21.2. The number of thiazole rings is 1. The van der Waals surface area contributed by atoms with Gasteiger partial charge >= 0.3 is 6.18 Å². The molecule has 0 saturated carbocycles. The van der Waals surface area contributed by atoms with Crippen molar-refractivity contribution in [1.82, 2.24) is 15.0 Å². The van der Waals surface area contributed by atoms with Crippen LogP contribution in [0.5, 0.6) is 0 Å². The molecule has 0 aliphatic carbocycles. The van der Waals surface area contributed by atoms with Crippen molar-refractivity contribution in [2.75, 3.05) is 4.90 Å². The molecular formula is C19H17F3N4OS2. The van der Waals surface area contributed by atoms with Crippen LogP contribution in [0.4, 0.5) is 24.0 Å². The number of amides is 1. The Morgan fingerprint density at radius 1 is 1.21 bits per heavy atom. The Kier molecular flexibility index (Phi) is 6.23. The summed E-state index contributed by atoms with van der Waals surface area (Å²) in [4.78, 5) is 25.7. The molecule has 5 nitrogen and oxygen atoms in total. The highest BCUT2D eigenvalue weighted by atomic mass is 32.2. The summed E-state index contributed by atoms with van der Waals surface area (Å²) in [7, 11) is 0. The molecule has 0 N–H and O–H groups in total. The molecule has 10 heteroatoms. The number of rotatable bonds is 5. The smallest absolute Gasteiger partial charge is 0.274 e. The molecule has 0 spiro atoms.